The fourth-order valence-electron chi connectivity index (χ4n) is 1.38. The molecule has 68 valence electrons. The summed E-state index contributed by atoms with van der Waals surface area (Å²) in [6.07, 6.45) is 5.20. The van der Waals surface area contributed by atoms with Crippen LogP contribution in [-0.4, -0.2) is 12.1 Å². The Bertz CT molecular complexity index is 90.9. The van der Waals surface area contributed by atoms with E-state index in [2.05, 4.69) is 33.0 Å². The molecule has 1 heteroatoms. The zero-order valence-electron chi connectivity index (χ0n) is 8.54. The van der Waals surface area contributed by atoms with E-state index in [1.807, 2.05) is 0 Å². The summed E-state index contributed by atoms with van der Waals surface area (Å²) in [7, 11) is 0. The van der Waals surface area contributed by atoms with Crippen molar-refractivity contribution in [2.24, 2.45) is 0 Å². The second kappa shape index (κ2) is 5.59. The average molecular weight is 157 g/mol. The van der Waals surface area contributed by atoms with Gasteiger partial charge in [0.25, 0.3) is 0 Å². The van der Waals surface area contributed by atoms with Crippen molar-refractivity contribution in [2.45, 2.75) is 58.9 Å². The highest BCUT2D eigenvalue weighted by atomic mass is 14.9. The van der Waals surface area contributed by atoms with Crippen molar-refractivity contribution in [1.82, 2.24) is 5.32 Å². The molecule has 11 heavy (non-hydrogen) atoms. The Morgan fingerprint density at radius 2 is 1.82 bits per heavy atom. The smallest absolute Gasteiger partial charge is 0.0150 e. The van der Waals surface area contributed by atoms with Gasteiger partial charge in [-0.05, 0) is 26.3 Å². The van der Waals surface area contributed by atoms with Crippen LogP contribution in [0.3, 0.4) is 0 Å². The molecule has 0 bridgehead atoms. The maximum atomic E-state index is 3.54. The van der Waals surface area contributed by atoms with Crippen LogP contribution in [0.1, 0.15) is 53.4 Å². The predicted molar refractivity (Wildman–Crippen MR) is 51.9 cm³/mol. The summed E-state index contributed by atoms with van der Waals surface area (Å²) in [5.41, 5.74) is 0.394. The SMILES string of the molecule is CCCC[C@](C)(CC)NCC. The Morgan fingerprint density at radius 3 is 2.18 bits per heavy atom. The Balaban J connectivity index is 3.68. The van der Waals surface area contributed by atoms with E-state index in [-0.39, 0.29) is 0 Å². The fraction of sp³-hybridized carbons (Fsp3) is 1.00. The van der Waals surface area contributed by atoms with E-state index in [0.717, 1.165) is 6.54 Å². The minimum atomic E-state index is 0.394. The first kappa shape index (κ1) is 11.0. The highest BCUT2D eigenvalue weighted by Gasteiger charge is 2.18. The maximum Gasteiger partial charge on any atom is 0.0150 e. The zero-order chi connectivity index (χ0) is 8.74. The zero-order valence-corrected chi connectivity index (χ0v) is 8.54. The fourth-order valence-corrected chi connectivity index (χ4v) is 1.38. The Hall–Kier alpha value is -0.0400. The molecule has 0 aromatic rings. The second-order valence-electron chi connectivity index (χ2n) is 3.55. The van der Waals surface area contributed by atoms with E-state index in [1.165, 1.54) is 25.7 Å². The molecule has 1 N–H and O–H groups in total. The molecule has 0 heterocycles. The van der Waals surface area contributed by atoms with Gasteiger partial charge in [0.2, 0.25) is 0 Å². The van der Waals surface area contributed by atoms with Crippen LogP contribution >= 0.6 is 0 Å². The lowest BCUT2D eigenvalue weighted by Crippen LogP contribution is -2.41. The predicted octanol–water partition coefficient (Wildman–Crippen LogP) is 2.95. The average Bonchev–Trinajstić information content (AvgIpc) is 2.02. The summed E-state index contributed by atoms with van der Waals surface area (Å²) >= 11 is 0. The van der Waals surface area contributed by atoms with Crippen LogP contribution in [0.2, 0.25) is 0 Å². The van der Waals surface area contributed by atoms with Gasteiger partial charge in [0, 0.05) is 5.54 Å². The highest BCUT2D eigenvalue weighted by molar-refractivity contribution is 4.80. The third-order valence-electron chi connectivity index (χ3n) is 2.47. The number of unbranched alkanes of at least 4 members (excludes halogenated alkanes) is 1. The molecule has 0 amide bonds. The van der Waals surface area contributed by atoms with Crippen LogP contribution in [0.25, 0.3) is 0 Å². The molecule has 0 spiro atoms. The molecule has 0 fully saturated rings. The van der Waals surface area contributed by atoms with Gasteiger partial charge in [-0.25, -0.2) is 0 Å². The van der Waals surface area contributed by atoms with Crippen LogP contribution < -0.4 is 5.32 Å². The summed E-state index contributed by atoms with van der Waals surface area (Å²) < 4.78 is 0. The standard InChI is InChI=1S/C10H23N/c1-5-8-9-10(4,6-2)11-7-3/h11H,5-9H2,1-4H3/t10-/m0/s1. The lowest BCUT2D eigenvalue weighted by atomic mass is 9.92. The van der Waals surface area contributed by atoms with Gasteiger partial charge in [0.1, 0.15) is 0 Å². The van der Waals surface area contributed by atoms with E-state index >= 15 is 0 Å². The van der Waals surface area contributed by atoms with Crippen molar-refractivity contribution in [3.05, 3.63) is 0 Å². The van der Waals surface area contributed by atoms with Gasteiger partial charge < -0.3 is 5.32 Å². The van der Waals surface area contributed by atoms with Crippen molar-refractivity contribution in [1.29, 1.82) is 0 Å². The minimum absolute atomic E-state index is 0.394. The molecule has 0 rings (SSSR count). The van der Waals surface area contributed by atoms with Gasteiger partial charge in [-0.2, -0.15) is 0 Å². The van der Waals surface area contributed by atoms with Crippen LogP contribution in [0.5, 0.6) is 0 Å². The molecule has 0 aromatic heterocycles. The van der Waals surface area contributed by atoms with E-state index in [4.69, 9.17) is 0 Å². The summed E-state index contributed by atoms with van der Waals surface area (Å²) in [5.74, 6) is 0. The summed E-state index contributed by atoms with van der Waals surface area (Å²) in [4.78, 5) is 0. The van der Waals surface area contributed by atoms with Crippen molar-refractivity contribution in [3.63, 3.8) is 0 Å². The van der Waals surface area contributed by atoms with Gasteiger partial charge in [-0.1, -0.05) is 33.6 Å². The third-order valence-corrected chi connectivity index (χ3v) is 2.47. The molecular formula is C10H23N. The number of hydrogen-bond acceptors (Lipinski definition) is 1. The molecule has 0 saturated carbocycles. The number of rotatable bonds is 6. The van der Waals surface area contributed by atoms with Gasteiger partial charge in [0.15, 0.2) is 0 Å². The van der Waals surface area contributed by atoms with E-state index in [1.54, 1.807) is 0 Å². The molecule has 0 aromatic carbocycles. The van der Waals surface area contributed by atoms with Crippen molar-refractivity contribution in [3.8, 4) is 0 Å². The first-order valence-electron chi connectivity index (χ1n) is 4.93. The van der Waals surface area contributed by atoms with Gasteiger partial charge >= 0.3 is 0 Å². The van der Waals surface area contributed by atoms with Crippen LogP contribution in [-0.2, 0) is 0 Å². The first-order chi connectivity index (χ1) is 5.18. The van der Waals surface area contributed by atoms with Crippen LogP contribution in [0.15, 0.2) is 0 Å². The van der Waals surface area contributed by atoms with Crippen molar-refractivity contribution < 1.29 is 0 Å². The Morgan fingerprint density at radius 1 is 1.18 bits per heavy atom. The van der Waals surface area contributed by atoms with E-state index < -0.39 is 0 Å². The Kier molecular flexibility index (Phi) is 5.57. The first-order valence-corrected chi connectivity index (χ1v) is 4.93. The lowest BCUT2D eigenvalue weighted by Gasteiger charge is -2.29. The van der Waals surface area contributed by atoms with E-state index in [0.29, 0.717) is 5.54 Å². The molecule has 0 saturated heterocycles. The molecule has 0 radical (unpaired) electrons. The van der Waals surface area contributed by atoms with Gasteiger partial charge in [-0.15, -0.1) is 0 Å². The molecule has 0 aliphatic heterocycles. The number of hydrogen-bond donors (Lipinski definition) is 1. The monoisotopic (exact) mass is 157 g/mol. The van der Waals surface area contributed by atoms with Crippen molar-refractivity contribution >= 4 is 0 Å². The Labute approximate surface area is 71.6 Å². The van der Waals surface area contributed by atoms with Crippen LogP contribution in [0, 0.1) is 0 Å². The molecular weight excluding hydrogens is 134 g/mol. The van der Waals surface area contributed by atoms with E-state index in [9.17, 15) is 0 Å². The highest BCUT2D eigenvalue weighted by Crippen LogP contribution is 2.16. The summed E-state index contributed by atoms with van der Waals surface area (Å²) in [6.45, 7) is 10.1. The van der Waals surface area contributed by atoms with Gasteiger partial charge in [0.05, 0.1) is 0 Å². The second-order valence-corrected chi connectivity index (χ2v) is 3.55. The maximum absolute atomic E-state index is 3.54. The van der Waals surface area contributed by atoms with Gasteiger partial charge in [-0.3, -0.25) is 0 Å². The number of nitrogens with one attached hydrogen (secondary N) is 1. The summed E-state index contributed by atoms with van der Waals surface area (Å²) in [5, 5.41) is 3.54. The normalized spacial score (nSPS) is 16.4. The molecule has 0 aliphatic carbocycles. The molecule has 0 unspecified atom stereocenters. The lowest BCUT2D eigenvalue weighted by molar-refractivity contribution is 0.318. The molecule has 1 atom stereocenters. The van der Waals surface area contributed by atoms with Crippen molar-refractivity contribution in [2.75, 3.05) is 6.54 Å². The third kappa shape index (κ3) is 4.41. The topological polar surface area (TPSA) is 12.0 Å². The largest absolute Gasteiger partial charge is 0.312 e. The minimum Gasteiger partial charge on any atom is -0.312 e. The molecule has 1 nitrogen and oxygen atoms in total. The summed E-state index contributed by atoms with van der Waals surface area (Å²) in [6, 6.07) is 0. The quantitative estimate of drug-likeness (QED) is 0.625. The van der Waals surface area contributed by atoms with Crippen LogP contribution in [0.4, 0.5) is 0 Å². The molecule has 0 aliphatic rings.